The Morgan fingerprint density at radius 3 is 2.71 bits per heavy atom. The lowest BCUT2D eigenvalue weighted by Gasteiger charge is -2.20. The molecule has 2 unspecified atom stereocenters. The van der Waals surface area contributed by atoms with Gasteiger partial charge in [0.25, 0.3) is 11.8 Å². The van der Waals surface area contributed by atoms with E-state index in [0.29, 0.717) is 25.2 Å². The highest BCUT2D eigenvalue weighted by atomic mass is 16.2. The van der Waals surface area contributed by atoms with E-state index in [0.717, 1.165) is 17.3 Å². The van der Waals surface area contributed by atoms with Crippen LogP contribution in [0.5, 0.6) is 0 Å². The number of para-hydroxylation sites is 1. The van der Waals surface area contributed by atoms with Crippen molar-refractivity contribution >= 4 is 28.6 Å². The Labute approximate surface area is 163 Å². The molecule has 0 saturated carbocycles. The maximum Gasteiger partial charge on any atom is 0.268 e. The van der Waals surface area contributed by atoms with E-state index in [-0.39, 0.29) is 29.6 Å². The van der Waals surface area contributed by atoms with Crippen molar-refractivity contribution in [3.63, 3.8) is 0 Å². The molecule has 0 aliphatic carbocycles. The Morgan fingerprint density at radius 2 is 2.04 bits per heavy atom. The number of hydrogen-bond acceptors (Lipinski definition) is 4. The molecule has 28 heavy (non-hydrogen) atoms. The number of carbonyl (C=O) groups is 3. The first-order valence-corrected chi connectivity index (χ1v) is 9.63. The summed E-state index contributed by atoms with van der Waals surface area (Å²) in [6, 6.07) is 8.71. The van der Waals surface area contributed by atoms with Gasteiger partial charge in [0.05, 0.1) is 5.92 Å². The molecular formula is C20H27N5O3. The van der Waals surface area contributed by atoms with Crippen LogP contribution in [-0.4, -0.2) is 41.8 Å². The summed E-state index contributed by atoms with van der Waals surface area (Å²) in [7, 11) is 0. The summed E-state index contributed by atoms with van der Waals surface area (Å²) in [6.07, 6.45) is 1.25. The zero-order chi connectivity index (χ0) is 20.1. The summed E-state index contributed by atoms with van der Waals surface area (Å²) in [5.74, 6) is -0.583. The standard InChI is InChI=1S/C20H27N5O3/c1-12(2)9-16(20(28)25-22-11-14-7-8-21-18(14)26)24-19(27)17-10-13-5-3-4-6-15(13)23-17/h3-6,10,12,14,16,22-23H,7-9,11H2,1-2H3,(H,21,26)(H,24,27)(H,25,28). The van der Waals surface area contributed by atoms with Gasteiger partial charge in [-0.3, -0.25) is 19.8 Å². The molecule has 1 aromatic heterocycles. The minimum Gasteiger partial charge on any atom is -0.356 e. The first-order chi connectivity index (χ1) is 13.4. The van der Waals surface area contributed by atoms with Crippen LogP contribution in [0.1, 0.15) is 37.2 Å². The second kappa shape index (κ2) is 8.88. The molecule has 8 heteroatoms. The molecule has 1 aliphatic rings. The summed E-state index contributed by atoms with van der Waals surface area (Å²) >= 11 is 0. The van der Waals surface area contributed by atoms with E-state index < -0.39 is 6.04 Å². The van der Waals surface area contributed by atoms with Crippen LogP contribution in [0.2, 0.25) is 0 Å². The van der Waals surface area contributed by atoms with Crippen LogP contribution in [-0.2, 0) is 9.59 Å². The van der Waals surface area contributed by atoms with E-state index in [9.17, 15) is 14.4 Å². The van der Waals surface area contributed by atoms with Gasteiger partial charge in [-0.1, -0.05) is 32.0 Å². The maximum atomic E-state index is 12.6. The molecule has 150 valence electrons. The fourth-order valence-electron chi connectivity index (χ4n) is 3.32. The molecular weight excluding hydrogens is 358 g/mol. The summed E-state index contributed by atoms with van der Waals surface area (Å²) in [5.41, 5.74) is 6.74. The third kappa shape index (κ3) is 4.89. The van der Waals surface area contributed by atoms with Gasteiger partial charge in [-0.25, -0.2) is 5.43 Å². The predicted molar refractivity (Wildman–Crippen MR) is 106 cm³/mol. The van der Waals surface area contributed by atoms with Crippen LogP contribution in [0.4, 0.5) is 0 Å². The Hall–Kier alpha value is -2.87. The van der Waals surface area contributed by atoms with E-state index >= 15 is 0 Å². The molecule has 0 bridgehead atoms. The molecule has 1 aromatic carbocycles. The predicted octanol–water partition coefficient (Wildman–Crippen LogP) is 1.07. The topological polar surface area (TPSA) is 115 Å². The van der Waals surface area contributed by atoms with Gasteiger partial charge in [-0.2, -0.15) is 0 Å². The van der Waals surface area contributed by atoms with Gasteiger partial charge in [-0.15, -0.1) is 0 Å². The van der Waals surface area contributed by atoms with Crippen molar-refractivity contribution in [3.05, 3.63) is 36.0 Å². The number of fused-ring (bicyclic) bond motifs is 1. The number of nitrogens with one attached hydrogen (secondary N) is 5. The van der Waals surface area contributed by atoms with Crippen molar-refractivity contribution in [2.24, 2.45) is 11.8 Å². The largest absolute Gasteiger partial charge is 0.356 e. The quantitative estimate of drug-likeness (QED) is 0.437. The number of aromatic nitrogens is 1. The molecule has 1 saturated heterocycles. The number of aromatic amines is 1. The normalized spacial score (nSPS) is 17.5. The highest BCUT2D eigenvalue weighted by Gasteiger charge is 2.26. The molecule has 5 N–H and O–H groups in total. The van der Waals surface area contributed by atoms with Crippen molar-refractivity contribution in [2.75, 3.05) is 13.1 Å². The highest BCUT2D eigenvalue weighted by Crippen LogP contribution is 2.15. The van der Waals surface area contributed by atoms with E-state index in [1.54, 1.807) is 6.07 Å². The fraction of sp³-hybridized carbons (Fsp3) is 0.450. The number of hydrogen-bond donors (Lipinski definition) is 5. The summed E-state index contributed by atoms with van der Waals surface area (Å²) in [4.78, 5) is 39.9. The summed E-state index contributed by atoms with van der Waals surface area (Å²) in [6.45, 7) is 5.01. The number of H-pyrrole nitrogens is 1. The Kier molecular flexibility index (Phi) is 6.30. The van der Waals surface area contributed by atoms with Crippen molar-refractivity contribution in [1.29, 1.82) is 0 Å². The van der Waals surface area contributed by atoms with Gasteiger partial charge in [-0.05, 0) is 30.9 Å². The number of rotatable bonds is 8. The molecule has 0 radical (unpaired) electrons. The molecule has 8 nitrogen and oxygen atoms in total. The maximum absolute atomic E-state index is 12.6. The van der Waals surface area contributed by atoms with Crippen LogP contribution in [0, 0.1) is 11.8 Å². The third-order valence-electron chi connectivity index (χ3n) is 4.83. The Morgan fingerprint density at radius 1 is 1.25 bits per heavy atom. The van der Waals surface area contributed by atoms with Crippen LogP contribution < -0.4 is 21.5 Å². The van der Waals surface area contributed by atoms with E-state index in [4.69, 9.17) is 0 Å². The smallest absolute Gasteiger partial charge is 0.268 e. The first kappa shape index (κ1) is 19.9. The monoisotopic (exact) mass is 385 g/mol. The molecule has 0 spiro atoms. The average molecular weight is 385 g/mol. The van der Waals surface area contributed by atoms with Gasteiger partial charge in [0, 0.05) is 24.0 Å². The van der Waals surface area contributed by atoms with Crippen LogP contribution in [0.15, 0.2) is 30.3 Å². The second-order valence-corrected chi connectivity index (χ2v) is 7.57. The van der Waals surface area contributed by atoms with Gasteiger partial charge in [0.2, 0.25) is 5.91 Å². The third-order valence-corrected chi connectivity index (χ3v) is 4.83. The first-order valence-electron chi connectivity index (χ1n) is 9.63. The zero-order valence-corrected chi connectivity index (χ0v) is 16.2. The molecule has 3 rings (SSSR count). The van der Waals surface area contributed by atoms with Gasteiger partial charge in [0.1, 0.15) is 11.7 Å². The van der Waals surface area contributed by atoms with Crippen LogP contribution in [0.25, 0.3) is 10.9 Å². The number of hydrazine groups is 1. The summed E-state index contributed by atoms with van der Waals surface area (Å²) < 4.78 is 0. The Bertz CT molecular complexity index is 827. The van der Waals surface area contributed by atoms with Crippen LogP contribution in [0.3, 0.4) is 0 Å². The zero-order valence-electron chi connectivity index (χ0n) is 16.2. The molecule has 1 aliphatic heterocycles. The molecule has 3 amide bonds. The minimum absolute atomic E-state index is 0.00686. The van der Waals surface area contributed by atoms with Crippen molar-refractivity contribution in [1.82, 2.24) is 26.5 Å². The fourth-order valence-corrected chi connectivity index (χ4v) is 3.32. The lowest BCUT2D eigenvalue weighted by molar-refractivity contribution is -0.125. The number of benzene rings is 1. The lowest BCUT2D eigenvalue weighted by atomic mass is 10.0. The Balaban J connectivity index is 1.59. The van der Waals surface area contributed by atoms with Crippen LogP contribution >= 0.6 is 0 Å². The average Bonchev–Trinajstić information content (AvgIpc) is 3.27. The minimum atomic E-state index is -0.677. The SMILES string of the molecule is CC(C)CC(NC(=O)c1cc2ccccc2[nH]1)C(=O)NNCC1CCNC1=O. The van der Waals surface area contributed by atoms with E-state index in [1.807, 2.05) is 38.1 Å². The van der Waals surface area contributed by atoms with E-state index in [2.05, 4.69) is 26.5 Å². The number of amides is 3. The van der Waals surface area contributed by atoms with E-state index in [1.165, 1.54) is 0 Å². The highest BCUT2D eigenvalue weighted by molar-refractivity contribution is 6.00. The summed E-state index contributed by atoms with van der Waals surface area (Å²) in [5, 5.41) is 6.51. The van der Waals surface area contributed by atoms with Gasteiger partial charge >= 0.3 is 0 Å². The van der Waals surface area contributed by atoms with Gasteiger partial charge < -0.3 is 15.6 Å². The van der Waals surface area contributed by atoms with Crippen molar-refractivity contribution in [2.45, 2.75) is 32.7 Å². The molecule has 2 atom stereocenters. The second-order valence-electron chi connectivity index (χ2n) is 7.57. The van der Waals surface area contributed by atoms with Crippen molar-refractivity contribution in [3.8, 4) is 0 Å². The lowest BCUT2D eigenvalue weighted by Crippen LogP contribution is -2.52. The number of carbonyl (C=O) groups excluding carboxylic acids is 3. The molecule has 1 fully saturated rings. The van der Waals surface area contributed by atoms with Gasteiger partial charge in [0.15, 0.2) is 0 Å². The van der Waals surface area contributed by atoms with Crippen molar-refractivity contribution < 1.29 is 14.4 Å². The molecule has 2 aromatic rings. The molecule has 2 heterocycles.